The molecule has 0 fully saturated rings. The van der Waals surface area contributed by atoms with Crippen LogP contribution >= 0.6 is 0 Å². The van der Waals surface area contributed by atoms with Gasteiger partial charge in [-0.2, -0.15) is 0 Å². The number of nitrogens with one attached hydrogen (secondary N) is 1. The minimum atomic E-state index is -0.293. The van der Waals surface area contributed by atoms with Crippen molar-refractivity contribution in [3.63, 3.8) is 0 Å². The number of hydrogen-bond acceptors (Lipinski definition) is 3. The molecule has 0 heterocycles. The molecule has 0 spiro atoms. The molecule has 0 saturated carbocycles. The second kappa shape index (κ2) is 6.40. The molecule has 4 nitrogen and oxygen atoms in total. The largest absolute Gasteiger partial charge is 0.409 e. The van der Waals surface area contributed by atoms with Crippen LogP contribution in [0.3, 0.4) is 0 Å². The van der Waals surface area contributed by atoms with Crippen molar-refractivity contribution in [1.29, 1.82) is 0 Å². The van der Waals surface area contributed by atoms with E-state index in [2.05, 4.69) is 29.5 Å². The standard InChI is InChI=1S/C14H23N3O/c1-11(12-7-5-4-6-8-12)16-10-9-14(2,3)13(15)17-18/h4-8,11,16,18H,9-10H2,1-3H3,(H2,15,17)/t11-/m0/s1. The van der Waals surface area contributed by atoms with Crippen LogP contribution in [0.15, 0.2) is 35.5 Å². The van der Waals surface area contributed by atoms with Gasteiger partial charge in [0.05, 0.1) is 0 Å². The molecule has 1 aromatic carbocycles. The van der Waals surface area contributed by atoms with Gasteiger partial charge in [0.25, 0.3) is 0 Å². The van der Waals surface area contributed by atoms with Crippen LogP contribution in [0.25, 0.3) is 0 Å². The highest BCUT2D eigenvalue weighted by Crippen LogP contribution is 2.20. The summed E-state index contributed by atoms with van der Waals surface area (Å²) in [6, 6.07) is 10.6. The van der Waals surface area contributed by atoms with E-state index in [0.29, 0.717) is 6.04 Å². The fourth-order valence-electron chi connectivity index (χ4n) is 1.72. The second-order valence-electron chi connectivity index (χ2n) is 5.21. The number of oxime groups is 1. The van der Waals surface area contributed by atoms with Crippen LogP contribution in [0.5, 0.6) is 0 Å². The number of nitrogens with two attached hydrogens (primary N) is 1. The molecular weight excluding hydrogens is 226 g/mol. The molecule has 1 atom stereocenters. The maximum atomic E-state index is 8.70. The number of nitrogens with zero attached hydrogens (tertiary/aromatic N) is 1. The van der Waals surface area contributed by atoms with Crippen LogP contribution in [0.1, 0.15) is 38.8 Å². The molecule has 1 rings (SSSR count). The van der Waals surface area contributed by atoms with Gasteiger partial charge in [0.1, 0.15) is 5.84 Å². The molecular formula is C14H23N3O. The van der Waals surface area contributed by atoms with Gasteiger partial charge < -0.3 is 16.3 Å². The van der Waals surface area contributed by atoms with Gasteiger partial charge in [0, 0.05) is 11.5 Å². The number of rotatable bonds is 6. The third kappa shape index (κ3) is 4.04. The number of benzene rings is 1. The Bertz CT molecular complexity index is 387. The summed E-state index contributed by atoms with van der Waals surface area (Å²) in [6.07, 6.45) is 0.820. The van der Waals surface area contributed by atoms with Crippen molar-refractivity contribution in [2.75, 3.05) is 6.54 Å². The van der Waals surface area contributed by atoms with Crippen molar-refractivity contribution in [3.8, 4) is 0 Å². The Kier molecular flexibility index (Phi) is 5.16. The lowest BCUT2D eigenvalue weighted by Crippen LogP contribution is -2.35. The summed E-state index contributed by atoms with van der Waals surface area (Å²) in [7, 11) is 0. The summed E-state index contributed by atoms with van der Waals surface area (Å²) in [4.78, 5) is 0. The minimum absolute atomic E-state index is 0.275. The van der Waals surface area contributed by atoms with Crippen LogP contribution in [0.4, 0.5) is 0 Å². The van der Waals surface area contributed by atoms with E-state index < -0.39 is 0 Å². The summed E-state index contributed by atoms with van der Waals surface area (Å²) >= 11 is 0. The van der Waals surface area contributed by atoms with E-state index >= 15 is 0 Å². The summed E-state index contributed by atoms with van der Waals surface area (Å²) < 4.78 is 0. The summed E-state index contributed by atoms with van der Waals surface area (Å²) in [6.45, 7) is 6.89. The molecule has 0 bridgehead atoms. The lowest BCUT2D eigenvalue weighted by molar-refractivity contribution is 0.304. The third-order valence-electron chi connectivity index (χ3n) is 3.30. The van der Waals surface area contributed by atoms with E-state index in [1.54, 1.807) is 0 Å². The highest BCUT2D eigenvalue weighted by Gasteiger charge is 2.23. The summed E-state index contributed by atoms with van der Waals surface area (Å²) in [5.74, 6) is 0.275. The van der Waals surface area contributed by atoms with Crippen molar-refractivity contribution in [2.45, 2.75) is 33.2 Å². The van der Waals surface area contributed by atoms with Gasteiger partial charge in [0.2, 0.25) is 0 Å². The normalized spacial score (nSPS) is 14.5. The Morgan fingerprint density at radius 2 is 2.00 bits per heavy atom. The molecule has 0 aliphatic rings. The van der Waals surface area contributed by atoms with Crippen molar-refractivity contribution in [3.05, 3.63) is 35.9 Å². The monoisotopic (exact) mass is 249 g/mol. The fourth-order valence-corrected chi connectivity index (χ4v) is 1.72. The van der Waals surface area contributed by atoms with E-state index in [0.717, 1.165) is 13.0 Å². The Hall–Kier alpha value is -1.55. The molecule has 1 aromatic rings. The highest BCUT2D eigenvalue weighted by molar-refractivity contribution is 5.85. The van der Waals surface area contributed by atoms with Gasteiger partial charge in [-0.15, -0.1) is 0 Å². The van der Waals surface area contributed by atoms with Crippen molar-refractivity contribution >= 4 is 5.84 Å². The zero-order valence-electron chi connectivity index (χ0n) is 11.4. The molecule has 4 N–H and O–H groups in total. The molecule has 100 valence electrons. The Balaban J connectivity index is 2.43. The van der Waals surface area contributed by atoms with E-state index in [9.17, 15) is 0 Å². The average molecular weight is 249 g/mol. The van der Waals surface area contributed by atoms with Gasteiger partial charge in [-0.3, -0.25) is 0 Å². The Labute approximate surface area is 109 Å². The lowest BCUT2D eigenvalue weighted by atomic mass is 9.88. The minimum Gasteiger partial charge on any atom is -0.409 e. The molecule has 0 amide bonds. The molecule has 0 unspecified atom stereocenters. The first kappa shape index (κ1) is 14.5. The molecule has 4 heteroatoms. The van der Waals surface area contributed by atoms with Crippen molar-refractivity contribution in [2.24, 2.45) is 16.3 Å². The predicted octanol–water partition coefficient (Wildman–Crippen LogP) is 2.50. The van der Waals surface area contributed by atoms with Crippen LogP contribution < -0.4 is 11.1 Å². The highest BCUT2D eigenvalue weighted by atomic mass is 16.4. The van der Waals surface area contributed by atoms with Crippen LogP contribution in [-0.4, -0.2) is 17.6 Å². The van der Waals surface area contributed by atoms with Gasteiger partial charge in [-0.25, -0.2) is 0 Å². The van der Waals surface area contributed by atoms with Gasteiger partial charge in [-0.1, -0.05) is 49.3 Å². The summed E-state index contributed by atoms with van der Waals surface area (Å²) in [5, 5.41) is 15.2. The van der Waals surface area contributed by atoms with Crippen LogP contribution in [-0.2, 0) is 0 Å². The van der Waals surface area contributed by atoms with Gasteiger partial charge >= 0.3 is 0 Å². The predicted molar refractivity (Wildman–Crippen MR) is 74.7 cm³/mol. The average Bonchev–Trinajstić information content (AvgIpc) is 2.38. The topological polar surface area (TPSA) is 70.6 Å². The molecule has 18 heavy (non-hydrogen) atoms. The maximum Gasteiger partial charge on any atom is 0.144 e. The van der Waals surface area contributed by atoms with Crippen molar-refractivity contribution in [1.82, 2.24) is 5.32 Å². The Morgan fingerprint density at radius 3 is 2.56 bits per heavy atom. The second-order valence-corrected chi connectivity index (χ2v) is 5.21. The van der Waals surface area contributed by atoms with E-state index in [1.165, 1.54) is 5.56 Å². The smallest absolute Gasteiger partial charge is 0.144 e. The van der Waals surface area contributed by atoms with Gasteiger partial charge in [0.15, 0.2) is 0 Å². The lowest BCUT2D eigenvalue weighted by Gasteiger charge is -2.24. The molecule has 0 aliphatic carbocycles. The number of amidine groups is 1. The molecule has 0 aliphatic heterocycles. The number of hydrogen-bond donors (Lipinski definition) is 3. The van der Waals surface area contributed by atoms with Crippen LogP contribution in [0, 0.1) is 5.41 Å². The third-order valence-corrected chi connectivity index (χ3v) is 3.30. The Morgan fingerprint density at radius 1 is 1.39 bits per heavy atom. The van der Waals surface area contributed by atoms with Crippen LogP contribution in [0.2, 0.25) is 0 Å². The van der Waals surface area contributed by atoms with E-state index in [-0.39, 0.29) is 11.3 Å². The zero-order valence-corrected chi connectivity index (χ0v) is 11.4. The molecule has 0 radical (unpaired) electrons. The first-order valence-electron chi connectivity index (χ1n) is 6.23. The first-order valence-corrected chi connectivity index (χ1v) is 6.23. The first-order chi connectivity index (χ1) is 8.47. The van der Waals surface area contributed by atoms with Gasteiger partial charge in [-0.05, 0) is 25.5 Å². The van der Waals surface area contributed by atoms with E-state index in [1.807, 2.05) is 32.0 Å². The maximum absolute atomic E-state index is 8.70. The quantitative estimate of drug-likeness (QED) is 0.314. The summed E-state index contributed by atoms with van der Waals surface area (Å²) in [5.41, 5.74) is 6.62. The van der Waals surface area contributed by atoms with Crippen molar-refractivity contribution < 1.29 is 5.21 Å². The zero-order chi connectivity index (χ0) is 13.6. The molecule has 0 saturated heterocycles. The SMILES string of the molecule is C[C@H](NCCC(C)(C)C(N)=NO)c1ccccc1. The van der Waals surface area contributed by atoms with E-state index in [4.69, 9.17) is 10.9 Å². The fraction of sp³-hybridized carbons (Fsp3) is 0.500. The molecule has 0 aromatic heterocycles.